The van der Waals surface area contributed by atoms with Crippen molar-refractivity contribution in [1.29, 1.82) is 0 Å². The van der Waals surface area contributed by atoms with Gasteiger partial charge in [0.1, 0.15) is 0 Å². The summed E-state index contributed by atoms with van der Waals surface area (Å²) in [6, 6.07) is 0. The third-order valence-electron chi connectivity index (χ3n) is 1.74. The van der Waals surface area contributed by atoms with E-state index in [0.717, 1.165) is 13.1 Å². The van der Waals surface area contributed by atoms with Crippen LogP contribution >= 0.6 is 0 Å². The van der Waals surface area contributed by atoms with E-state index in [1.54, 1.807) is 0 Å². The highest BCUT2D eigenvalue weighted by Gasteiger charge is 2.05. The highest BCUT2D eigenvalue weighted by Crippen LogP contribution is 2.04. The van der Waals surface area contributed by atoms with Crippen molar-refractivity contribution >= 4 is 11.9 Å². The Hall–Kier alpha value is -1.30. The predicted molar refractivity (Wildman–Crippen MR) is 52.6 cm³/mol. The molecule has 74 valence electrons. The molecule has 1 aromatic rings. The highest BCUT2D eigenvalue weighted by atomic mass is 15.4. The Balaban J connectivity index is 2.44. The van der Waals surface area contributed by atoms with Gasteiger partial charge in [-0.15, -0.1) is 5.10 Å². The monoisotopic (exact) mass is 184 g/mol. The van der Waals surface area contributed by atoms with Crippen molar-refractivity contribution in [3.63, 3.8) is 0 Å². The van der Waals surface area contributed by atoms with Gasteiger partial charge in [0, 0.05) is 20.1 Å². The number of hydrogen-bond acceptors (Lipinski definition) is 5. The van der Waals surface area contributed by atoms with Crippen LogP contribution in [-0.4, -0.2) is 54.3 Å². The van der Waals surface area contributed by atoms with E-state index in [2.05, 4.69) is 20.1 Å². The van der Waals surface area contributed by atoms with Crippen LogP contribution in [-0.2, 0) is 0 Å². The molecule has 0 spiro atoms. The molecule has 0 aliphatic carbocycles. The number of hydrogen-bond donors (Lipinski definition) is 2. The largest absolute Gasteiger partial charge is 0.366 e. The maximum atomic E-state index is 5.38. The topological polar surface area (TPSA) is 74.1 Å². The van der Waals surface area contributed by atoms with Crippen molar-refractivity contribution in [2.45, 2.75) is 0 Å². The summed E-state index contributed by atoms with van der Waals surface area (Å²) in [5.74, 6) is 0.992. The fourth-order valence-corrected chi connectivity index (χ4v) is 0.892. The van der Waals surface area contributed by atoms with Gasteiger partial charge >= 0.3 is 0 Å². The molecule has 0 atom stereocenters. The van der Waals surface area contributed by atoms with Crippen LogP contribution in [0.25, 0.3) is 0 Å². The lowest BCUT2D eigenvalue weighted by molar-refractivity contribution is 0.416. The number of H-pyrrole nitrogens is 1. The number of nitrogens with two attached hydrogens (primary N) is 1. The fourth-order valence-electron chi connectivity index (χ4n) is 0.892. The maximum absolute atomic E-state index is 5.38. The Kier molecular flexibility index (Phi) is 3.07. The van der Waals surface area contributed by atoms with E-state index >= 15 is 0 Å². The molecule has 0 aliphatic rings. The van der Waals surface area contributed by atoms with E-state index in [0.29, 0.717) is 5.95 Å². The summed E-state index contributed by atoms with van der Waals surface area (Å²) < 4.78 is 0. The fraction of sp³-hybridized carbons (Fsp3) is 0.714. The third-order valence-corrected chi connectivity index (χ3v) is 1.74. The molecule has 6 nitrogen and oxygen atoms in total. The number of anilines is 2. The van der Waals surface area contributed by atoms with Crippen LogP contribution in [0.15, 0.2) is 0 Å². The molecule has 0 saturated heterocycles. The van der Waals surface area contributed by atoms with Gasteiger partial charge in [0.05, 0.1) is 0 Å². The summed E-state index contributed by atoms with van der Waals surface area (Å²) >= 11 is 0. The van der Waals surface area contributed by atoms with Gasteiger partial charge in [-0.3, -0.25) is 0 Å². The molecule has 0 saturated carbocycles. The van der Waals surface area contributed by atoms with Crippen molar-refractivity contribution in [2.75, 3.05) is 44.9 Å². The Morgan fingerprint density at radius 1 is 1.31 bits per heavy atom. The lowest BCUT2D eigenvalue weighted by Gasteiger charge is -2.17. The van der Waals surface area contributed by atoms with E-state index in [1.165, 1.54) is 0 Å². The zero-order chi connectivity index (χ0) is 9.84. The summed E-state index contributed by atoms with van der Waals surface area (Å²) in [6.45, 7) is 1.86. The maximum Gasteiger partial charge on any atom is 0.241 e. The van der Waals surface area contributed by atoms with E-state index in [9.17, 15) is 0 Å². The summed E-state index contributed by atoms with van der Waals surface area (Å²) in [6.07, 6.45) is 0. The van der Waals surface area contributed by atoms with Gasteiger partial charge in [-0.2, -0.15) is 4.98 Å². The lowest BCUT2D eigenvalue weighted by atomic mass is 10.5. The molecule has 0 unspecified atom stereocenters. The first-order chi connectivity index (χ1) is 6.09. The lowest BCUT2D eigenvalue weighted by Crippen LogP contribution is -2.29. The Morgan fingerprint density at radius 2 is 2.00 bits per heavy atom. The van der Waals surface area contributed by atoms with Crippen LogP contribution in [0.4, 0.5) is 11.9 Å². The third kappa shape index (κ3) is 2.90. The van der Waals surface area contributed by atoms with Crippen molar-refractivity contribution in [1.82, 2.24) is 20.1 Å². The SMILES string of the molecule is CN(C)CCN(C)c1nc(N)n[nH]1. The number of rotatable bonds is 4. The first kappa shape index (κ1) is 9.79. The van der Waals surface area contributed by atoms with Crippen LogP contribution in [0, 0.1) is 0 Å². The van der Waals surface area contributed by atoms with Gasteiger partial charge in [0.2, 0.25) is 11.9 Å². The van der Waals surface area contributed by atoms with E-state index in [1.807, 2.05) is 26.0 Å². The second-order valence-corrected chi connectivity index (χ2v) is 3.24. The zero-order valence-electron chi connectivity index (χ0n) is 8.28. The first-order valence-electron chi connectivity index (χ1n) is 4.13. The smallest absolute Gasteiger partial charge is 0.241 e. The van der Waals surface area contributed by atoms with Crippen LogP contribution < -0.4 is 10.6 Å². The molecule has 0 aromatic carbocycles. The van der Waals surface area contributed by atoms with Crippen molar-refractivity contribution in [2.24, 2.45) is 0 Å². The summed E-state index contributed by atoms with van der Waals surface area (Å²) in [4.78, 5) is 8.09. The molecule has 13 heavy (non-hydrogen) atoms. The van der Waals surface area contributed by atoms with Gasteiger partial charge in [-0.05, 0) is 14.1 Å². The molecule has 1 aromatic heterocycles. The standard InChI is InChI=1S/C7H16N6/c1-12(2)4-5-13(3)7-9-6(8)10-11-7/h4-5H2,1-3H3,(H3,8,9,10,11). The number of nitrogen functional groups attached to an aromatic ring is 1. The summed E-state index contributed by atoms with van der Waals surface area (Å²) in [7, 11) is 6.01. The molecular weight excluding hydrogens is 168 g/mol. The van der Waals surface area contributed by atoms with Crippen LogP contribution in [0.5, 0.6) is 0 Å². The molecule has 0 aliphatic heterocycles. The van der Waals surface area contributed by atoms with E-state index in [-0.39, 0.29) is 5.95 Å². The Morgan fingerprint density at radius 3 is 2.46 bits per heavy atom. The first-order valence-corrected chi connectivity index (χ1v) is 4.13. The average Bonchev–Trinajstić information content (AvgIpc) is 2.47. The van der Waals surface area contributed by atoms with Crippen LogP contribution in [0.3, 0.4) is 0 Å². The van der Waals surface area contributed by atoms with Crippen molar-refractivity contribution < 1.29 is 0 Å². The predicted octanol–water partition coefficient (Wildman–Crippen LogP) is -0.615. The van der Waals surface area contributed by atoms with Gasteiger partial charge in [-0.25, -0.2) is 5.10 Å². The molecule has 1 rings (SSSR count). The van der Waals surface area contributed by atoms with Gasteiger partial charge < -0.3 is 15.5 Å². The Bertz CT molecular complexity index is 255. The molecule has 0 bridgehead atoms. The minimum atomic E-state index is 0.284. The van der Waals surface area contributed by atoms with E-state index < -0.39 is 0 Å². The molecule has 0 radical (unpaired) electrons. The molecule has 1 heterocycles. The molecule has 3 N–H and O–H groups in total. The molecule has 6 heteroatoms. The summed E-state index contributed by atoms with van der Waals surface area (Å²) in [5, 5.41) is 6.50. The van der Waals surface area contributed by atoms with Gasteiger partial charge in [0.25, 0.3) is 0 Å². The summed E-state index contributed by atoms with van der Waals surface area (Å²) in [5.41, 5.74) is 5.38. The van der Waals surface area contributed by atoms with Crippen LogP contribution in [0.1, 0.15) is 0 Å². The minimum Gasteiger partial charge on any atom is -0.366 e. The van der Waals surface area contributed by atoms with Crippen molar-refractivity contribution in [3.05, 3.63) is 0 Å². The molecule has 0 fully saturated rings. The number of aromatic amines is 1. The van der Waals surface area contributed by atoms with E-state index in [4.69, 9.17) is 5.73 Å². The highest BCUT2D eigenvalue weighted by molar-refractivity contribution is 5.32. The quantitative estimate of drug-likeness (QED) is 0.652. The average molecular weight is 184 g/mol. The van der Waals surface area contributed by atoms with Crippen molar-refractivity contribution in [3.8, 4) is 0 Å². The van der Waals surface area contributed by atoms with Crippen LogP contribution in [0.2, 0.25) is 0 Å². The second kappa shape index (κ2) is 4.08. The number of aromatic nitrogens is 3. The number of nitrogens with one attached hydrogen (secondary N) is 1. The van der Waals surface area contributed by atoms with Gasteiger partial charge in [0.15, 0.2) is 0 Å². The normalized spacial score (nSPS) is 10.8. The Labute approximate surface area is 77.7 Å². The number of nitrogens with zero attached hydrogens (tertiary/aromatic N) is 4. The molecule has 0 amide bonds. The minimum absolute atomic E-state index is 0.284. The zero-order valence-corrected chi connectivity index (χ0v) is 8.28. The number of likely N-dealkylation sites (N-methyl/N-ethyl adjacent to an activating group) is 2. The molecular formula is C7H16N6. The second-order valence-electron chi connectivity index (χ2n) is 3.24. The van der Waals surface area contributed by atoms with Gasteiger partial charge in [-0.1, -0.05) is 0 Å².